The molecule has 0 radical (unpaired) electrons. The van der Waals surface area contributed by atoms with E-state index in [1.807, 2.05) is 31.4 Å². The molecular weight excluding hydrogens is 452 g/mol. The summed E-state index contributed by atoms with van der Waals surface area (Å²) in [5.41, 5.74) is 1.02. The van der Waals surface area contributed by atoms with Crippen molar-refractivity contribution in [1.29, 1.82) is 5.26 Å². The molecule has 2 aromatic heterocycles. The normalized spacial score (nSPS) is 29.4. The van der Waals surface area contributed by atoms with E-state index in [2.05, 4.69) is 6.07 Å². The molecule has 170 valence electrons. The highest BCUT2D eigenvalue weighted by atomic mass is 32.1. The molecule has 0 saturated carbocycles. The number of pyridine rings is 1. The molecule has 4 rings (SSSR count). The van der Waals surface area contributed by atoms with Gasteiger partial charge in [-0.1, -0.05) is 32.1 Å². The lowest BCUT2D eigenvalue weighted by molar-refractivity contribution is -0.252. The van der Waals surface area contributed by atoms with E-state index in [0.717, 1.165) is 4.88 Å². The summed E-state index contributed by atoms with van der Waals surface area (Å²) in [5, 5.41) is 52.8. The van der Waals surface area contributed by atoms with Crippen molar-refractivity contribution >= 4 is 29.3 Å². The number of aromatic nitrogens is 1. The number of nitriles is 1. The number of hydrogen-bond donors (Lipinski definition) is 4. The molecule has 0 amide bonds. The van der Waals surface area contributed by atoms with Crippen molar-refractivity contribution in [3.8, 4) is 16.5 Å². The summed E-state index contributed by atoms with van der Waals surface area (Å²) in [6.45, 7) is 3.29. The van der Waals surface area contributed by atoms with Crippen LogP contribution in [0.15, 0.2) is 17.5 Å². The zero-order chi connectivity index (χ0) is 23.4. The Bertz CT molecular complexity index is 1150. The smallest absolute Gasteiger partial charge is 0.165 e. The first-order chi connectivity index (χ1) is 15.1. The Morgan fingerprint density at radius 2 is 1.97 bits per heavy atom. The Hall–Kier alpha value is -1.97. The quantitative estimate of drug-likeness (QED) is 0.494. The lowest BCUT2D eigenvalue weighted by Crippen LogP contribution is -2.57. The van der Waals surface area contributed by atoms with Crippen molar-refractivity contribution in [2.75, 3.05) is 6.61 Å². The van der Waals surface area contributed by atoms with Crippen LogP contribution >= 0.6 is 23.6 Å². The molecule has 2 aliphatic rings. The van der Waals surface area contributed by atoms with Gasteiger partial charge < -0.3 is 29.7 Å². The van der Waals surface area contributed by atoms with Gasteiger partial charge >= 0.3 is 0 Å². The number of aliphatic hydroxyl groups is 4. The Morgan fingerprint density at radius 1 is 1.25 bits per heavy atom. The number of rotatable bonds is 3. The van der Waals surface area contributed by atoms with Crippen LogP contribution in [0.3, 0.4) is 0 Å². The second kappa shape index (κ2) is 8.43. The number of fused-ring (bicyclic) bond motifs is 1. The lowest BCUT2D eigenvalue weighted by Gasteiger charge is -2.43. The highest BCUT2D eigenvalue weighted by Crippen LogP contribution is 2.44. The van der Waals surface area contributed by atoms with Gasteiger partial charge in [0.05, 0.1) is 12.2 Å². The van der Waals surface area contributed by atoms with Gasteiger partial charge in [-0.2, -0.15) is 5.26 Å². The van der Waals surface area contributed by atoms with Crippen molar-refractivity contribution in [3.05, 3.63) is 39.0 Å². The third-order valence-electron chi connectivity index (χ3n) is 6.08. The van der Waals surface area contributed by atoms with Crippen LogP contribution in [-0.2, 0) is 11.2 Å². The molecule has 2 aromatic rings. The monoisotopic (exact) mass is 476 g/mol. The van der Waals surface area contributed by atoms with Crippen molar-refractivity contribution in [2.45, 2.75) is 57.3 Å². The molecule has 32 heavy (non-hydrogen) atoms. The summed E-state index contributed by atoms with van der Waals surface area (Å²) < 4.78 is 7.24. The van der Waals surface area contributed by atoms with Gasteiger partial charge in [0.25, 0.3) is 0 Å². The lowest BCUT2D eigenvalue weighted by atomic mass is 9.73. The van der Waals surface area contributed by atoms with E-state index in [-0.39, 0.29) is 22.4 Å². The van der Waals surface area contributed by atoms with Gasteiger partial charge in [-0.3, -0.25) is 4.79 Å². The van der Waals surface area contributed by atoms with E-state index in [0.29, 0.717) is 23.2 Å². The molecule has 1 fully saturated rings. The van der Waals surface area contributed by atoms with Crippen LogP contribution in [0, 0.1) is 21.4 Å². The first-order valence-corrected chi connectivity index (χ1v) is 11.5. The fraction of sp³-hybridized carbons (Fsp3) is 0.500. The summed E-state index contributed by atoms with van der Waals surface area (Å²) in [6.07, 6.45) is -6.49. The molecule has 0 bridgehead atoms. The maximum atomic E-state index is 13.4. The zero-order valence-corrected chi connectivity index (χ0v) is 19.2. The number of carbonyl (C=O) groups excluding carboxylic acids is 1. The molecule has 5 atom stereocenters. The van der Waals surface area contributed by atoms with Crippen molar-refractivity contribution in [2.24, 2.45) is 5.41 Å². The van der Waals surface area contributed by atoms with Crippen LogP contribution in [-0.4, -0.2) is 61.8 Å². The standard InChI is InChI=1S/C22H24N2O6S2/c1-22(2)6-11-16(12(26)7-22)15(14-4-3-5-32-14)10(8-23)21(31)24(11)20-19(29)18(28)17(27)13(9-25)30-20/h3-5,13,17-20,25,27-29H,6-7,9H2,1-2H3/t13-,17+,18+,19-,20-/m1/s1. The van der Waals surface area contributed by atoms with Gasteiger partial charge in [-0.25, -0.2) is 0 Å². The molecule has 10 heteroatoms. The number of ether oxygens (including phenoxy) is 1. The first kappa shape index (κ1) is 23.2. The maximum Gasteiger partial charge on any atom is 0.165 e. The molecule has 1 saturated heterocycles. The zero-order valence-electron chi connectivity index (χ0n) is 17.6. The predicted octanol–water partition coefficient (Wildman–Crippen LogP) is 1.95. The minimum absolute atomic E-state index is 0.0597. The molecule has 3 heterocycles. The summed E-state index contributed by atoms with van der Waals surface area (Å²) in [4.78, 5) is 14.1. The fourth-order valence-electron chi connectivity index (χ4n) is 4.59. The maximum absolute atomic E-state index is 13.4. The van der Waals surface area contributed by atoms with E-state index < -0.39 is 42.7 Å². The summed E-state index contributed by atoms with van der Waals surface area (Å²) in [6, 6.07) is 5.76. The third kappa shape index (κ3) is 3.64. The van der Waals surface area contributed by atoms with Gasteiger partial charge in [0.2, 0.25) is 0 Å². The molecule has 1 aliphatic carbocycles. The summed E-state index contributed by atoms with van der Waals surface area (Å²) in [5.74, 6) is -0.149. The summed E-state index contributed by atoms with van der Waals surface area (Å²) >= 11 is 7.05. The molecule has 8 nitrogen and oxygen atoms in total. The second-order valence-corrected chi connectivity index (χ2v) is 10.3. The van der Waals surface area contributed by atoms with E-state index >= 15 is 0 Å². The second-order valence-electron chi connectivity index (χ2n) is 9.00. The average Bonchev–Trinajstić information content (AvgIpc) is 3.26. The van der Waals surface area contributed by atoms with E-state index in [1.165, 1.54) is 15.9 Å². The number of aliphatic hydroxyl groups excluding tert-OH is 4. The highest BCUT2D eigenvalue weighted by Gasteiger charge is 2.46. The van der Waals surface area contributed by atoms with E-state index in [4.69, 9.17) is 17.0 Å². The predicted molar refractivity (Wildman–Crippen MR) is 119 cm³/mol. The largest absolute Gasteiger partial charge is 0.394 e. The molecule has 4 N–H and O–H groups in total. The Kier molecular flexibility index (Phi) is 6.11. The van der Waals surface area contributed by atoms with E-state index in [9.17, 15) is 30.5 Å². The molecule has 0 unspecified atom stereocenters. The first-order valence-electron chi connectivity index (χ1n) is 10.2. The Morgan fingerprint density at radius 3 is 2.56 bits per heavy atom. The fourth-order valence-corrected chi connectivity index (χ4v) is 5.73. The molecule has 0 spiro atoms. The van der Waals surface area contributed by atoms with Gasteiger partial charge in [0.15, 0.2) is 12.0 Å². The Balaban J connectivity index is 2.05. The SMILES string of the molecule is CC1(C)CC(=O)c2c(-c3cccs3)c(C#N)c(=S)n([C@@H]3O[C@H](CO)[C@H](O)[C@H](O)[C@H]3O)c2C1. The third-order valence-corrected chi connectivity index (χ3v) is 7.37. The van der Waals surface area contributed by atoms with E-state index in [1.54, 1.807) is 0 Å². The number of Topliss-reactive ketones (excluding diaryl/α,β-unsaturated/α-hetero) is 1. The van der Waals surface area contributed by atoms with Gasteiger partial charge in [0.1, 0.15) is 35.1 Å². The average molecular weight is 477 g/mol. The minimum atomic E-state index is -1.61. The number of nitrogens with zero attached hydrogens (tertiary/aromatic N) is 2. The van der Waals surface area contributed by atoms with Crippen LogP contribution in [0.4, 0.5) is 0 Å². The molecule has 0 aromatic carbocycles. The minimum Gasteiger partial charge on any atom is -0.394 e. The molecule has 1 aliphatic heterocycles. The van der Waals surface area contributed by atoms with Crippen LogP contribution in [0.5, 0.6) is 0 Å². The number of hydrogen-bond acceptors (Lipinski definition) is 9. The highest BCUT2D eigenvalue weighted by molar-refractivity contribution is 7.71. The van der Waals surface area contributed by atoms with Crippen molar-refractivity contribution in [3.63, 3.8) is 0 Å². The van der Waals surface area contributed by atoms with Crippen molar-refractivity contribution < 1.29 is 30.0 Å². The number of carbonyl (C=O) groups is 1. The van der Waals surface area contributed by atoms with Crippen LogP contribution in [0.2, 0.25) is 0 Å². The Labute approximate surface area is 193 Å². The van der Waals surface area contributed by atoms with Gasteiger partial charge in [0, 0.05) is 28.1 Å². The van der Waals surface area contributed by atoms with Crippen molar-refractivity contribution in [1.82, 2.24) is 4.57 Å². The van der Waals surface area contributed by atoms with Crippen LogP contribution < -0.4 is 0 Å². The van der Waals surface area contributed by atoms with Crippen LogP contribution in [0.1, 0.15) is 48.1 Å². The topological polar surface area (TPSA) is 136 Å². The molecular formula is C22H24N2O6S2. The van der Waals surface area contributed by atoms with Crippen LogP contribution in [0.25, 0.3) is 10.4 Å². The number of ketones is 1. The summed E-state index contributed by atoms with van der Waals surface area (Å²) in [7, 11) is 0. The van der Waals surface area contributed by atoms with Gasteiger partial charge in [-0.05, 0) is 23.3 Å². The number of thiophene rings is 1. The van der Waals surface area contributed by atoms with Gasteiger partial charge in [-0.15, -0.1) is 11.3 Å².